The van der Waals surface area contributed by atoms with Crippen LogP contribution in [0, 0.1) is 0 Å². The molecule has 19 heteroatoms. The molecule has 3 fully saturated rings. The second kappa shape index (κ2) is 39.0. The van der Waals surface area contributed by atoms with Gasteiger partial charge in [-0.3, -0.25) is 4.79 Å². The Morgan fingerprint density at radius 1 is 0.479 bits per heavy atom. The van der Waals surface area contributed by atoms with Gasteiger partial charge in [0.1, 0.15) is 73.2 Å². The fraction of sp³-hybridized carbons (Fsp3) is 0.944. The molecule has 17 atom stereocenters. The summed E-state index contributed by atoms with van der Waals surface area (Å²) >= 11 is 0. The standard InChI is InChI=1S/C54H101NO18/c1-3-5-7-9-11-13-14-15-16-17-18-19-20-21-22-24-26-28-30-32-42(60)55-37(38(59)31-29-27-25-23-12-10-8-6-4-2)36-68-52-48(66)45(63)50(40(34-57)70-52)73-54-49(67)46(64)51(41(35-58)71-54)72-53-47(65)44(62)43(61)39(33-56)69-53/h29,31,37-41,43-54,56-59,61-67H,3-28,30,32-36H2,1-2H3,(H,55,60)/b31-29+. The number of unbranched alkanes of at least 4 members (excludes halogenated alkanes) is 25. The Labute approximate surface area is 436 Å². The van der Waals surface area contributed by atoms with Crippen LogP contribution in [0.15, 0.2) is 12.2 Å². The SMILES string of the molecule is CCCCCCCCC/C=C/C(O)C(COC1OC(CO)C(OC2OC(CO)C(OC3OC(CO)C(O)C(O)C3O)C(O)C2O)C(O)C1O)NC(=O)CCCCCCCCCCCCCCCCCCCCC. The molecule has 19 nitrogen and oxygen atoms in total. The van der Waals surface area contributed by atoms with Crippen LogP contribution in [0.4, 0.5) is 0 Å². The summed E-state index contributed by atoms with van der Waals surface area (Å²) in [5, 5.41) is 120. The van der Waals surface area contributed by atoms with Gasteiger partial charge in [0.05, 0.1) is 38.6 Å². The molecule has 3 aliphatic rings. The van der Waals surface area contributed by atoms with E-state index in [9.17, 15) is 61.0 Å². The molecule has 0 aromatic carbocycles. The minimum absolute atomic E-state index is 0.248. The smallest absolute Gasteiger partial charge is 0.220 e. The van der Waals surface area contributed by atoms with E-state index in [4.69, 9.17) is 28.4 Å². The van der Waals surface area contributed by atoms with Crippen LogP contribution in [0.1, 0.15) is 194 Å². The summed E-state index contributed by atoms with van der Waals surface area (Å²) in [6.07, 6.45) is 9.36. The number of hydrogen-bond donors (Lipinski definition) is 12. The highest BCUT2D eigenvalue weighted by Gasteiger charge is 2.53. The van der Waals surface area contributed by atoms with Gasteiger partial charge in [0.15, 0.2) is 18.9 Å². The number of ether oxygens (including phenoxy) is 6. The summed E-state index contributed by atoms with van der Waals surface area (Å²) in [5.41, 5.74) is 0. The monoisotopic (exact) mass is 1050 g/mol. The number of carbonyl (C=O) groups excluding carboxylic acids is 1. The molecular formula is C54H101NO18. The van der Waals surface area contributed by atoms with Gasteiger partial charge in [-0.15, -0.1) is 0 Å². The van der Waals surface area contributed by atoms with Crippen molar-refractivity contribution in [3.05, 3.63) is 12.2 Å². The van der Waals surface area contributed by atoms with Crippen molar-refractivity contribution in [3.63, 3.8) is 0 Å². The Balaban J connectivity index is 1.48. The van der Waals surface area contributed by atoms with Crippen molar-refractivity contribution in [1.29, 1.82) is 0 Å². The van der Waals surface area contributed by atoms with Crippen molar-refractivity contribution in [2.24, 2.45) is 0 Å². The molecule has 73 heavy (non-hydrogen) atoms. The van der Waals surface area contributed by atoms with Crippen LogP contribution in [-0.4, -0.2) is 193 Å². The van der Waals surface area contributed by atoms with Crippen LogP contribution in [0.5, 0.6) is 0 Å². The topological polar surface area (TPSA) is 307 Å². The molecule has 0 bridgehead atoms. The van der Waals surface area contributed by atoms with E-state index in [1.807, 2.05) is 6.08 Å². The maximum atomic E-state index is 13.2. The Hall–Kier alpha value is -1.47. The number of nitrogens with one attached hydrogen (secondary N) is 1. The van der Waals surface area contributed by atoms with Gasteiger partial charge in [-0.1, -0.05) is 180 Å². The van der Waals surface area contributed by atoms with Crippen molar-refractivity contribution >= 4 is 5.91 Å². The highest BCUT2D eigenvalue weighted by molar-refractivity contribution is 5.76. The highest BCUT2D eigenvalue weighted by atomic mass is 16.8. The first kappa shape index (κ1) is 65.8. The Bertz CT molecular complexity index is 1400. The van der Waals surface area contributed by atoms with Gasteiger partial charge >= 0.3 is 0 Å². The van der Waals surface area contributed by atoms with Gasteiger partial charge in [0, 0.05) is 6.42 Å². The molecule has 430 valence electrons. The minimum Gasteiger partial charge on any atom is -0.394 e. The molecule has 3 aliphatic heterocycles. The highest BCUT2D eigenvalue weighted by Crippen LogP contribution is 2.33. The molecule has 0 aromatic rings. The zero-order valence-electron chi connectivity index (χ0n) is 44.4. The lowest BCUT2D eigenvalue weighted by Crippen LogP contribution is -2.66. The molecule has 12 N–H and O–H groups in total. The lowest BCUT2D eigenvalue weighted by molar-refractivity contribution is -0.379. The maximum Gasteiger partial charge on any atom is 0.220 e. The number of amides is 1. The summed E-state index contributed by atoms with van der Waals surface area (Å²) in [7, 11) is 0. The minimum atomic E-state index is -1.97. The summed E-state index contributed by atoms with van der Waals surface area (Å²) in [5.74, 6) is -0.276. The van der Waals surface area contributed by atoms with Crippen LogP contribution in [0.3, 0.4) is 0 Å². The third-order valence-electron chi connectivity index (χ3n) is 14.6. The number of carbonyl (C=O) groups is 1. The predicted octanol–water partition coefficient (Wildman–Crippen LogP) is 3.82. The van der Waals surface area contributed by atoms with E-state index < -0.39 is 124 Å². The average Bonchev–Trinajstić information content (AvgIpc) is 3.39. The van der Waals surface area contributed by atoms with Crippen LogP contribution < -0.4 is 5.32 Å². The van der Waals surface area contributed by atoms with Gasteiger partial charge in [-0.05, 0) is 19.3 Å². The van der Waals surface area contributed by atoms with E-state index in [0.717, 1.165) is 44.9 Å². The molecule has 3 heterocycles. The third kappa shape index (κ3) is 24.0. The van der Waals surface area contributed by atoms with Crippen molar-refractivity contribution in [2.45, 2.75) is 298 Å². The molecular weight excluding hydrogens is 951 g/mol. The van der Waals surface area contributed by atoms with Crippen LogP contribution >= 0.6 is 0 Å². The van der Waals surface area contributed by atoms with Crippen molar-refractivity contribution in [1.82, 2.24) is 5.32 Å². The summed E-state index contributed by atoms with van der Waals surface area (Å²) in [6.45, 7) is 1.68. The Morgan fingerprint density at radius 3 is 1.29 bits per heavy atom. The van der Waals surface area contributed by atoms with Gasteiger partial charge in [0.2, 0.25) is 5.91 Å². The van der Waals surface area contributed by atoms with E-state index in [-0.39, 0.29) is 18.9 Å². The first-order chi connectivity index (χ1) is 35.3. The van der Waals surface area contributed by atoms with Crippen LogP contribution in [0.2, 0.25) is 0 Å². The third-order valence-corrected chi connectivity index (χ3v) is 14.6. The fourth-order valence-corrected chi connectivity index (χ4v) is 9.84. The average molecular weight is 1050 g/mol. The Kier molecular flexibility index (Phi) is 35.1. The van der Waals surface area contributed by atoms with Crippen LogP contribution in [0.25, 0.3) is 0 Å². The molecule has 0 aliphatic carbocycles. The largest absolute Gasteiger partial charge is 0.394 e. The Morgan fingerprint density at radius 2 is 0.849 bits per heavy atom. The lowest BCUT2D eigenvalue weighted by Gasteiger charge is -2.48. The van der Waals surface area contributed by atoms with Crippen molar-refractivity contribution in [2.75, 3.05) is 26.4 Å². The predicted molar refractivity (Wildman–Crippen MR) is 273 cm³/mol. The molecule has 0 saturated carbocycles. The summed E-state index contributed by atoms with van der Waals surface area (Å²) in [6, 6.07) is -0.964. The lowest BCUT2D eigenvalue weighted by atomic mass is 9.96. The maximum absolute atomic E-state index is 13.2. The normalized spacial score (nSPS) is 31.8. The zero-order valence-corrected chi connectivity index (χ0v) is 44.4. The number of allylic oxidation sites excluding steroid dienone is 1. The first-order valence-corrected chi connectivity index (χ1v) is 28.4. The van der Waals surface area contributed by atoms with Crippen molar-refractivity contribution in [3.8, 4) is 0 Å². The van der Waals surface area contributed by atoms with E-state index in [1.54, 1.807) is 6.08 Å². The molecule has 0 radical (unpaired) electrons. The molecule has 0 spiro atoms. The van der Waals surface area contributed by atoms with Gasteiger partial charge in [0.25, 0.3) is 0 Å². The zero-order chi connectivity index (χ0) is 53.4. The van der Waals surface area contributed by atoms with Gasteiger partial charge in [-0.2, -0.15) is 0 Å². The quantitative estimate of drug-likeness (QED) is 0.0306. The van der Waals surface area contributed by atoms with Crippen molar-refractivity contribution < 1.29 is 89.4 Å². The number of hydrogen-bond acceptors (Lipinski definition) is 18. The van der Waals surface area contributed by atoms with E-state index >= 15 is 0 Å². The fourth-order valence-electron chi connectivity index (χ4n) is 9.84. The second-order valence-electron chi connectivity index (χ2n) is 20.8. The van der Waals surface area contributed by atoms with Crippen LogP contribution in [-0.2, 0) is 33.2 Å². The summed E-state index contributed by atoms with van der Waals surface area (Å²) in [4.78, 5) is 13.2. The first-order valence-electron chi connectivity index (χ1n) is 28.4. The molecule has 1 amide bonds. The van der Waals surface area contributed by atoms with E-state index in [2.05, 4.69) is 19.2 Å². The second-order valence-corrected chi connectivity index (χ2v) is 20.8. The number of aliphatic hydroxyl groups excluding tert-OH is 11. The number of aliphatic hydroxyl groups is 11. The van der Waals surface area contributed by atoms with E-state index in [1.165, 1.54) is 122 Å². The molecule has 0 aromatic heterocycles. The van der Waals surface area contributed by atoms with Gasteiger partial charge in [-0.25, -0.2) is 0 Å². The molecule has 17 unspecified atom stereocenters. The number of rotatable bonds is 41. The van der Waals surface area contributed by atoms with Gasteiger partial charge < -0.3 is 89.9 Å². The molecule has 3 saturated heterocycles. The summed E-state index contributed by atoms with van der Waals surface area (Å²) < 4.78 is 34.1. The van der Waals surface area contributed by atoms with E-state index in [0.29, 0.717) is 6.42 Å². The molecule has 3 rings (SSSR count).